The lowest BCUT2D eigenvalue weighted by molar-refractivity contribution is -0.899. The van der Waals surface area contributed by atoms with Gasteiger partial charge in [-0.25, -0.2) is 0 Å². The fourth-order valence-corrected chi connectivity index (χ4v) is 3.89. The Labute approximate surface area is 134 Å². The van der Waals surface area contributed by atoms with Crippen LogP contribution in [0.5, 0.6) is 0 Å². The molecule has 2 unspecified atom stereocenters. The first-order chi connectivity index (χ1) is 9.40. The Morgan fingerprint density at radius 1 is 0.450 bits per heavy atom. The molecule has 4 rings (SSSR count). The molecule has 4 heterocycles. The van der Waals surface area contributed by atoms with Crippen molar-refractivity contribution in [2.45, 2.75) is 19.3 Å². The molecule has 4 fully saturated rings. The van der Waals surface area contributed by atoms with Crippen molar-refractivity contribution in [1.29, 1.82) is 0 Å². The van der Waals surface area contributed by atoms with E-state index in [1.54, 1.807) is 0 Å². The van der Waals surface area contributed by atoms with Gasteiger partial charge in [0.25, 0.3) is 0 Å². The van der Waals surface area contributed by atoms with E-state index in [2.05, 4.69) is 14.7 Å². The Morgan fingerprint density at radius 2 is 0.900 bits per heavy atom. The summed E-state index contributed by atoms with van der Waals surface area (Å²) in [6, 6.07) is 0. The fourth-order valence-electron chi connectivity index (χ4n) is 3.89. The molecule has 0 spiro atoms. The van der Waals surface area contributed by atoms with Crippen molar-refractivity contribution in [3.63, 3.8) is 0 Å². The van der Waals surface area contributed by atoms with E-state index in [0.717, 1.165) is 0 Å². The molecule has 2 atom stereocenters. The monoisotopic (exact) mass is 346 g/mol. The molecule has 4 nitrogen and oxygen atoms in total. The molecule has 0 radical (unpaired) electrons. The van der Waals surface area contributed by atoms with Crippen molar-refractivity contribution >= 4 is 0 Å². The largest absolute Gasteiger partial charge is 1.00 e. The molecule has 0 aliphatic carbocycles. The van der Waals surface area contributed by atoms with Crippen molar-refractivity contribution in [1.82, 2.24) is 14.7 Å². The maximum absolute atomic E-state index is 2.73. The summed E-state index contributed by atoms with van der Waals surface area (Å²) in [5.74, 6) is 0. The predicted molar refractivity (Wildman–Crippen MR) is 78.7 cm³/mol. The van der Waals surface area contributed by atoms with Gasteiger partial charge in [0, 0.05) is 39.1 Å². The molecule has 4 bridgehead atoms. The number of nitrogens with zero attached hydrogens (tertiary/aromatic N) is 3. The van der Waals surface area contributed by atoms with Crippen LogP contribution < -0.4 is 21.9 Å². The molecular weight excluding hydrogens is 316 g/mol. The first-order valence-electron chi connectivity index (χ1n) is 8.41. The normalized spacial score (nSPS) is 39.6. The van der Waals surface area contributed by atoms with Crippen LogP contribution in [0, 0.1) is 0 Å². The molecule has 4 saturated heterocycles. The van der Waals surface area contributed by atoms with Gasteiger partial charge in [0.15, 0.2) is 0 Å². The molecule has 118 valence electrons. The van der Waals surface area contributed by atoms with Crippen LogP contribution in [-0.4, -0.2) is 93.2 Å². The van der Waals surface area contributed by atoms with Crippen molar-refractivity contribution in [3.05, 3.63) is 0 Å². The van der Waals surface area contributed by atoms with Gasteiger partial charge in [-0.1, -0.05) is 0 Å². The van der Waals surface area contributed by atoms with E-state index in [9.17, 15) is 0 Å². The zero-order valence-electron chi connectivity index (χ0n) is 12.8. The smallest absolute Gasteiger partial charge is 0.0900 e. The Hall–Kier alpha value is 0.320. The minimum absolute atomic E-state index is 0. The third-order valence-electron chi connectivity index (χ3n) is 5.20. The summed E-state index contributed by atoms with van der Waals surface area (Å²) in [5, 5.41) is 0. The van der Waals surface area contributed by atoms with E-state index >= 15 is 0 Å². The zero-order chi connectivity index (χ0) is 12.9. The lowest BCUT2D eigenvalue weighted by Crippen LogP contribution is -3.13. The highest BCUT2D eigenvalue weighted by Gasteiger charge is 2.21. The number of fused-ring (bicyclic) bond motifs is 9. The van der Waals surface area contributed by atoms with Crippen LogP contribution in [0.4, 0.5) is 0 Å². The molecule has 0 aromatic rings. The Bertz CT molecular complexity index is 222. The fraction of sp³-hybridized carbons (Fsp3) is 1.00. The minimum atomic E-state index is 0. The summed E-state index contributed by atoms with van der Waals surface area (Å²) < 4.78 is 0. The van der Waals surface area contributed by atoms with E-state index in [4.69, 9.17) is 0 Å². The maximum atomic E-state index is 2.73. The highest BCUT2D eigenvalue weighted by molar-refractivity contribution is 4.71. The second-order valence-electron chi connectivity index (χ2n) is 6.59. The SMILES string of the molecule is C1CN2CCCN3CCN(C1)CC[NH+](CCC2)CC3.[Br-]. The van der Waals surface area contributed by atoms with Gasteiger partial charge in [-0.05, 0) is 39.0 Å². The molecular formula is C15H31BrN4. The maximum Gasteiger partial charge on any atom is 0.0900 e. The molecule has 0 amide bonds. The molecule has 0 aromatic heterocycles. The molecule has 20 heavy (non-hydrogen) atoms. The van der Waals surface area contributed by atoms with E-state index in [0.29, 0.717) is 0 Å². The minimum Gasteiger partial charge on any atom is -1.00 e. The number of rotatable bonds is 0. The van der Waals surface area contributed by atoms with E-state index in [1.807, 2.05) is 4.90 Å². The van der Waals surface area contributed by atoms with Crippen LogP contribution in [-0.2, 0) is 0 Å². The second kappa shape index (κ2) is 8.69. The summed E-state index contributed by atoms with van der Waals surface area (Å²) >= 11 is 0. The van der Waals surface area contributed by atoms with Crippen molar-refractivity contribution in [2.24, 2.45) is 0 Å². The van der Waals surface area contributed by atoms with Crippen molar-refractivity contribution in [3.8, 4) is 0 Å². The number of hydrogen-bond donors (Lipinski definition) is 1. The molecule has 4 aliphatic heterocycles. The van der Waals surface area contributed by atoms with Crippen LogP contribution in [0.1, 0.15) is 19.3 Å². The summed E-state index contributed by atoms with van der Waals surface area (Å²) in [7, 11) is 0. The first kappa shape index (κ1) is 16.7. The van der Waals surface area contributed by atoms with Crippen molar-refractivity contribution < 1.29 is 21.9 Å². The molecule has 0 saturated carbocycles. The summed E-state index contributed by atoms with van der Waals surface area (Å²) in [5.41, 5.74) is 0. The predicted octanol–water partition coefficient (Wildman–Crippen LogP) is -4.01. The number of halogens is 1. The Morgan fingerprint density at radius 3 is 1.45 bits per heavy atom. The van der Waals surface area contributed by atoms with Crippen LogP contribution in [0.15, 0.2) is 0 Å². The second-order valence-corrected chi connectivity index (χ2v) is 6.59. The first-order valence-corrected chi connectivity index (χ1v) is 8.41. The topological polar surface area (TPSA) is 14.2 Å². The van der Waals surface area contributed by atoms with Gasteiger partial charge in [-0.15, -0.1) is 0 Å². The van der Waals surface area contributed by atoms with Gasteiger partial charge in [-0.3, -0.25) is 9.80 Å². The zero-order valence-corrected chi connectivity index (χ0v) is 14.4. The Kier molecular flexibility index (Phi) is 7.25. The average Bonchev–Trinajstić information content (AvgIpc) is 2.47. The number of hydrogen-bond acceptors (Lipinski definition) is 3. The number of quaternary nitrogens is 1. The quantitative estimate of drug-likeness (QED) is 0.481. The molecule has 5 heteroatoms. The third kappa shape index (κ3) is 4.95. The van der Waals surface area contributed by atoms with E-state index in [1.165, 1.54) is 97.8 Å². The third-order valence-corrected chi connectivity index (χ3v) is 5.20. The average molecular weight is 347 g/mol. The molecule has 0 aromatic carbocycles. The van der Waals surface area contributed by atoms with Crippen molar-refractivity contribution in [2.75, 3.05) is 78.5 Å². The van der Waals surface area contributed by atoms with Gasteiger partial charge >= 0.3 is 0 Å². The van der Waals surface area contributed by atoms with Gasteiger partial charge < -0.3 is 26.8 Å². The lowest BCUT2D eigenvalue weighted by Gasteiger charge is -2.24. The molecule has 1 N–H and O–H groups in total. The highest BCUT2D eigenvalue weighted by Crippen LogP contribution is 2.04. The van der Waals surface area contributed by atoms with Gasteiger partial charge in [0.2, 0.25) is 0 Å². The Balaban J connectivity index is 0.00000147. The van der Waals surface area contributed by atoms with Crippen LogP contribution in [0.3, 0.4) is 0 Å². The number of nitrogens with one attached hydrogen (secondary N) is 1. The van der Waals surface area contributed by atoms with E-state index in [-0.39, 0.29) is 17.0 Å². The standard InChI is InChI=1S/C15H30N4.BrH/c1-4-16-5-2-8-18-12-10-17(7-1)11-13-19(15-14-18)9-3-6-16;/h1-15H2;1H. The summed E-state index contributed by atoms with van der Waals surface area (Å²) in [6.45, 7) is 16.0. The van der Waals surface area contributed by atoms with Gasteiger partial charge in [0.05, 0.1) is 19.6 Å². The van der Waals surface area contributed by atoms with Crippen LogP contribution in [0.2, 0.25) is 0 Å². The van der Waals surface area contributed by atoms with Crippen LogP contribution in [0.25, 0.3) is 0 Å². The summed E-state index contributed by atoms with van der Waals surface area (Å²) in [6.07, 6.45) is 4.14. The lowest BCUT2D eigenvalue weighted by atomic mass is 10.3. The highest BCUT2D eigenvalue weighted by atomic mass is 79.9. The van der Waals surface area contributed by atoms with E-state index < -0.39 is 0 Å². The molecule has 4 aliphatic rings. The summed E-state index contributed by atoms with van der Waals surface area (Å²) in [4.78, 5) is 10.0. The van der Waals surface area contributed by atoms with Gasteiger partial charge in [0.1, 0.15) is 0 Å². The van der Waals surface area contributed by atoms with Gasteiger partial charge in [-0.2, -0.15) is 0 Å². The van der Waals surface area contributed by atoms with Crippen LogP contribution >= 0.6 is 0 Å².